The molecule has 1 aromatic carbocycles. The monoisotopic (exact) mass is 364 g/mol. The lowest BCUT2D eigenvalue weighted by Crippen LogP contribution is -2.41. The Balaban J connectivity index is 1.73. The van der Waals surface area contributed by atoms with Crippen LogP contribution in [0.1, 0.15) is 16.8 Å². The van der Waals surface area contributed by atoms with Gasteiger partial charge in [-0.3, -0.25) is 4.99 Å². The molecular formula is C18H25FN4OS. The third-order valence-electron chi connectivity index (χ3n) is 3.67. The quantitative estimate of drug-likeness (QED) is 0.578. The van der Waals surface area contributed by atoms with E-state index in [9.17, 15) is 4.39 Å². The van der Waals surface area contributed by atoms with Crippen LogP contribution in [0.3, 0.4) is 0 Å². The summed E-state index contributed by atoms with van der Waals surface area (Å²) in [6, 6.07) is 6.42. The van der Waals surface area contributed by atoms with Crippen molar-refractivity contribution in [3.05, 3.63) is 46.2 Å². The van der Waals surface area contributed by atoms with Gasteiger partial charge in [0, 0.05) is 38.1 Å². The fourth-order valence-electron chi connectivity index (χ4n) is 2.25. The van der Waals surface area contributed by atoms with Crippen molar-refractivity contribution < 1.29 is 9.13 Å². The van der Waals surface area contributed by atoms with Gasteiger partial charge in [0.05, 0.1) is 11.6 Å². The highest BCUT2D eigenvalue weighted by atomic mass is 32.1. The molecule has 0 aliphatic rings. The molecule has 0 saturated carbocycles. The van der Waals surface area contributed by atoms with Gasteiger partial charge in [0.15, 0.2) is 17.5 Å². The molecule has 2 rings (SSSR count). The van der Waals surface area contributed by atoms with E-state index in [0.717, 1.165) is 30.4 Å². The molecule has 0 aliphatic carbocycles. The molecule has 7 heteroatoms. The number of rotatable bonds is 8. The van der Waals surface area contributed by atoms with Crippen LogP contribution in [0.2, 0.25) is 0 Å². The Hall–Kier alpha value is -2.15. The molecule has 0 aliphatic heterocycles. The van der Waals surface area contributed by atoms with Crippen LogP contribution in [-0.4, -0.2) is 49.6 Å². The van der Waals surface area contributed by atoms with E-state index in [4.69, 9.17) is 4.74 Å². The second-order valence-corrected chi connectivity index (χ2v) is 6.70. The number of likely N-dealkylation sites (N-methyl/N-ethyl adjacent to an activating group) is 1. The number of para-hydroxylation sites is 1. The van der Waals surface area contributed by atoms with E-state index >= 15 is 0 Å². The first-order valence-electron chi connectivity index (χ1n) is 8.36. The molecule has 1 aromatic heterocycles. The Kier molecular flexibility index (Phi) is 7.66. The highest BCUT2D eigenvalue weighted by Crippen LogP contribution is 2.15. The third-order valence-corrected chi connectivity index (χ3v) is 4.87. The molecule has 0 bridgehead atoms. The Morgan fingerprint density at radius 3 is 2.88 bits per heavy atom. The molecule has 5 nitrogen and oxygen atoms in total. The maximum atomic E-state index is 13.5. The van der Waals surface area contributed by atoms with Crippen molar-refractivity contribution in [3.8, 4) is 5.75 Å². The number of nitrogens with one attached hydrogen (secondary N) is 1. The van der Waals surface area contributed by atoms with Crippen molar-refractivity contribution in [1.82, 2.24) is 15.2 Å². The Bertz CT molecular complexity index is 689. The van der Waals surface area contributed by atoms with Crippen LogP contribution in [0.5, 0.6) is 5.75 Å². The third kappa shape index (κ3) is 6.01. The van der Waals surface area contributed by atoms with Gasteiger partial charge in [-0.05, 0) is 18.6 Å². The Morgan fingerprint density at radius 1 is 1.40 bits per heavy atom. The number of hydrogen-bond donors (Lipinski definition) is 1. The second-order valence-electron chi connectivity index (χ2n) is 5.50. The molecule has 1 heterocycles. The van der Waals surface area contributed by atoms with Crippen LogP contribution in [0.15, 0.2) is 35.5 Å². The van der Waals surface area contributed by atoms with Crippen molar-refractivity contribution in [3.63, 3.8) is 0 Å². The largest absolute Gasteiger partial charge is 0.489 e. The summed E-state index contributed by atoms with van der Waals surface area (Å²) < 4.78 is 19.0. The summed E-state index contributed by atoms with van der Waals surface area (Å²) in [5.74, 6) is 0.710. The van der Waals surface area contributed by atoms with Crippen molar-refractivity contribution in [2.24, 2.45) is 4.99 Å². The maximum Gasteiger partial charge on any atom is 0.193 e. The highest BCUT2D eigenvalue weighted by Gasteiger charge is 2.08. The number of aromatic nitrogens is 1. The zero-order valence-electron chi connectivity index (χ0n) is 15.0. The van der Waals surface area contributed by atoms with E-state index in [2.05, 4.69) is 22.2 Å². The minimum Gasteiger partial charge on any atom is -0.489 e. The van der Waals surface area contributed by atoms with Crippen molar-refractivity contribution >= 4 is 17.3 Å². The first-order valence-corrected chi connectivity index (χ1v) is 9.18. The van der Waals surface area contributed by atoms with Gasteiger partial charge in [-0.25, -0.2) is 9.37 Å². The lowest BCUT2D eigenvalue weighted by molar-refractivity contribution is 0.270. The Morgan fingerprint density at radius 2 is 2.20 bits per heavy atom. The van der Waals surface area contributed by atoms with Crippen LogP contribution < -0.4 is 10.1 Å². The number of aliphatic imine (C=N–C) groups is 1. The van der Waals surface area contributed by atoms with Crippen molar-refractivity contribution in [1.29, 1.82) is 0 Å². The minimum atomic E-state index is -0.345. The molecular weight excluding hydrogens is 339 g/mol. The predicted octanol–water partition coefficient (Wildman–Crippen LogP) is 2.97. The average molecular weight is 364 g/mol. The fraction of sp³-hybridized carbons (Fsp3) is 0.444. The number of benzene rings is 1. The SMILES string of the molecule is CCc1cnc(CCNC(=NC)N(C)CCOc2ccccc2F)s1. The van der Waals surface area contributed by atoms with Crippen LogP contribution >= 0.6 is 11.3 Å². The van der Waals surface area contributed by atoms with E-state index in [-0.39, 0.29) is 11.6 Å². The molecule has 25 heavy (non-hydrogen) atoms. The summed E-state index contributed by atoms with van der Waals surface area (Å²) in [4.78, 5) is 11.9. The summed E-state index contributed by atoms with van der Waals surface area (Å²) in [7, 11) is 3.67. The number of ether oxygens (including phenoxy) is 1. The summed E-state index contributed by atoms with van der Waals surface area (Å²) in [6.45, 7) is 3.88. The van der Waals surface area contributed by atoms with Gasteiger partial charge in [0.25, 0.3) is 0 Å². The van der Waals surface area contributed by atoms with Crippen LogP contribution in [0.25, 0.3) is 0 Å². The van der Waals surface area contributed by atoms with Crippen LogP contribution in [0.4, 0.5) is 4.39 Å². The zero-order valence-corrected chi connectivity index (χ0v) is 15.8. The molecule has 1 N–H and O–H groups in total. The van der Waals surface area contributed by atoms with Gasteiger partial charge in [0.2, 0.25) is 0 Å². The molecule has 0 radical (unpaired) electrons. The van der Waals surface area contributed by atoms with Gasteiger partial charge in [0.1, 0.15) is 6.61 Å². The zero-order chi connectivity index (χ0) is 18.1. The van der Waals surface area contributed by atoms with Gasteiger partial charge >= 0.3 is 0 Å². The molecule has 0 unspecified atom stereocenters. The summed E-state index contributed by atoms with van der Waals surface area (Å²) in [5, 5.41) is 4.45. The van der Waals surface area contributed by atoms with Crippen molar-refractivity contribution in [2.75, 3.05) is 33.8 Å². The van der Waals surface area contributed by atoms with E-state index in [1.54, 1.807) is 36.6 Å². The predicted molar refractivity (Wildman–Crippen MR) is 101 cm³/mol. The first-order chi connectivity index (χ1) is 12.1. The second kappa shape index (κ2) is 9.98. The van der Waals surface area contributed by atoms with E-state index < -0.39 is 0 Å². The number of guanidine groups is 1. The fourth-order valence-corrected chi connectivity index (χ4v) is 3.12. The molecule has 2 aromatic rings. The smallest absolute Gasteiger partial charge is 0.193 e. The van der Waals surface area contributed by atoms with E-state index in [1.165, 1.54) is 10.9 Å². The summed E-state index contributed by atoms with van der Waals surface area (Å²) in [5.41, 5.74) is 0. The summed E-state index contributed by atoms with van der Waals surface area (Å²) >= 11 is 1.75. The average Bonchev–Trinajstić information content (AvgIpc) is 3.08. The molecule has 0 spiro atoms. The van der Waals surface area contributed by atoms with Gasteiger partial charge in [-0.1, -0.05) is 19.1 Å². The lowest BCUT2D eigenvalue weighted by atomic mass is 10.3. The topological polar surface area (TPSA) is 49.8 Å². The van der Waals surface area contributed by atoms with Crippen molar-refractivity contribution in [2.45, 2.75) is 19.8 Å². The summed E-state index contributed by atoms with van der Waals surface area (Å²) in [6.07, 6.45) is 3.84. The lowest BCUT2D eigenvalue weighted by Gasteiger charge is -2.22. The number of nitrogens with zero attached hydrogens (tertiary/aromatic N) is 3. The Labute approximate surface area is 152 Å². The van der Waals surface area contributed by atoms with Gasteiger partial charge in [-0.15, -0.1) is 11.3 Å². The molecule has 0 saturated heterocycles. The standard InChI is InChI=1S/C18H25FN4OS/c1-4-14-13-22-17(25-14)9-10-21-18(20-2)23(3)11-12-24-16-8-6-5-7-15(16)19/h5-8,13H,4,9-12H2,1-3H3,(H,20,21). The maximum absolute atomic E-state index is 13.5. The van der Waals surface area contributed by atoms with Gasteiger partial charge in [-0.2, -0.15) is 0 Å². The minimum absolute atomic E-state index is 0.273. The van der Waals surface area contributed by atoms with Crippen LogP contribution in [0, 0.1) is 5.82 Å². The number of halogens is 1. The van der Waals surface area contributed by atoms with Crippen LogP contribution in [-0.2, 0) is 12.8 Å². The highest BCUT2D eigenvalue weighted by molar-refractivity contribution is 7.11. The molecule has 0 fully saturated rings. The number of hydrogen-bond acceptors (Lipinski definition) is 4. The molecule has 0 amide bonds. The molecule has 136 valence electrons. The normalized spacial score (nSPS) is 11.4. The number of thiazole rings is 1. The van der Waals surface area contributed by atoms with Gasteiger partial charge < -0.3 is 15.0 Å². The van der Waals surface area contributed by atoms with E-state index in [0.29, 0.717) is 13.2 Å². The van der Waals surface area contributed by atoms with E-state index in [1.807, 2.05) is 18.1 Å². The number of aryl methyl sites for hydroxylation is 1. The molecule has 0 atom stereocenters. The first kappa shape index (κ1) is 19.2.